The maximum atomic E-state index is 10.6. The predicted octanol–water partition coefficient (Wildman–Crippen LogP) is 0.980. The van der Waals surface area contributed by atoms with E-state index in [1.807, 2.05) is 0 Å². The Balaban J connectivity index is -0.00000162. The van der Waals surface area contributed by atoms with Gasteiger partial charge in [0.1, 0.15) is 0 Å². The molecule has 20 heavy (non-hydrogen) atoms. The molecule has 0 heterocycles. The molecule has 0 aromatic heterocycles. The van der Waals surface area contributed by atoms with Gasteiger partial charge in [0.15, 0.2) is 0 Å². The summed E-state index contributed by atoms with van der Waals surface area (Å²) < 4.78 is 15.0. The summed E-state index contributed by atoms with van der Waals surface area (Å²) in [5.74, 6) is 0. The Labute approximate surface area is 147 Å². The van der Waals surface area contributed by atoms with Crippen molar-refractivity contribution in [3.05, 3.63) is 0 Å². The Morgan fingerprint density at radius 3 is 1.75 bits per heavy atom. The molecule has 0 aliphatic heterocycles. The summed E-state index contributed by atoms with van der Waals surface area (Å²) in [5.41, 5.74) is 0. The minimum absolute atomic E-state index is 0. The zero-order valence-electron chi connectivity index (χ0n) is 14.4. The van der Waals surface area contributed by atoms with Gasteiger partial charge < -0.3 is 11.2 Å². The van der Waals surface area contributed by atoms with Crippen LogP contribution in [0.2, 0.25) is 0 Å². The van der Waals surface area contributed by atoms with Crippen LogP contribution in [0.25, 0.3) is 0 Å². The fourth-order valence-corrected chi connectivity index (χ4v) is 2.49. The van der Waals surface area contributed by atoms with E-state index in [1.165, 1.54) is 56.4 Å². The van der Waals surface area contributed by atoms with Crippen LogP contribution in [-0.4, -0.2) is 28.4 Å². The minimum Gasteiger partial charge on any atom is -1.00 e. The van der Waals surface area contributed by atoms with Crippen molar-refractivity contribution < 1.29 is 50.0 Å². The van der Waals surface area contributed by atoms with E-state index in [9.17, 15) is 4.57 Å². The molecule has 0 spiro atoms. The monoisotopic (exact) mass is 319 g/mol. The Hall–Kier alpha value is 1.07. The summed E-state index contributed by atoms with van der Waals surface area (Å²) in [6, 6.07) is 0. The van der Waals surface area contributed by atoms with Crippen molar-refractivity contribution in [3.8, 4) is 0 Å². The molecule has 0 aliphatic rings. The van der Waals surface area contributed by atoms with Crippen molar-refractivity contribution in [1.29, 1.82) is 0 Å². The van der Waals surface area contributed by atoms with Crippen LogP contribution in [0.1, 0.15) is 72.6 Å². The third-order valence-electron chi connectivity index (χ3n) is 3.07. The molecular formula is C13H31NNaO4P. The first-order chi connectivity index (χ1) is 8.95. The van der Waals surface area contributed by atoms with Gasteiger partial charge in [-0.05, 0) is 6.42 Å². The molecule has 0 aromatic carbocycles. The predicted molar refractivity (Wildman–Crippen MR) is 78.7 cm³/mol. The molecule has 0 aliphatic carbocycles. The van der Waals surface area contributed by atoms with Gasteiger partial charge in [0.25, 0.3) is 0 Å². The number of unbranched alkanes of at least 4 members (excludes halogenated alkanes) is 9. The smallest absolute Gasteiger partial charge is 1.00 e. The van der Waals surface area contributed by atoms with Crippen LogP contribution >= 0.6 is 7.82 Å². The summed E-state index contributed by atoms with van der Waals surface area (Å²) in [4.78, 5) is 17.2. The molecule has 0 aromatic rings. The van der Waals surface area contributed by atoms with Crippen LogP contribution in [0.15, 0.2) is 0 Å². The second kappa shape index (κ2) is 15.0. The van der Waals surface area contributed by atoms with Crippen LogP contribution in [-0.2, 0) is 9.19 Å². The van der Waals surface area contributed by atoms with E-state index in [1.54, 1.807) is 7.05 Å². The summed E-state index contributed by atoms with van der Waals surface area (Å²) in [5, 5.41) is 1.23. The Morgan fingerprint density at radius 2 is 1.35 bits per heavy atom. The average Bonchev–Trinajstić information content (AvgIpc) is 2.29. The van der Waals surface area contributed by atoms with Gasteiger partial charge in [-0.2, -0.15) is 9.69 Å². The number of rotatable bonds is 13. The third-order valence-corrected chi connectivity index (χ3v) is 3.56. The quantitative estimate of drug-likeness (QED) is 0.229. The minimum atomic E-state index is -4.38. The Bertz CT molecular complexity index is 256. The van der Waals surface area contributed by atoms with Crippen molar-refractivity contribution >= 4 is 7.82 Å². The molecule has 0 atom stereocenters. The molecule has 0 rings (SSSR count). The maximum absolute atomic E-state index is 10.6. The average molecular weight is 319 g/mol. The van der Waals surface area contributed by atoms with E-state index in [-0.39, 0.29) is 31.0 Å². The molecule has 0 saturated carbocycles. The summed E-state index contributed by atoms with van der Waals surface area (Å²) in [7, 11) is -2.83. The first-order valence-electron chi connectivity index (χ1n) is 7.42. The zero-order valence-corrected chi connectivity index (χ0v) is 16.3. The fourth-order valence-electron chi connectivity index (χ4n) is 2.04. The summed E-state index contributed by atoms with van der Waals surface area (Å²) in [6.07, 6.45) is 12.5. The molecule has 0 fully saturated rings. The summed E-state index contributed by atoms with van der Waals surface area (Å²) >= 11 is 0. The molecule has 2 N–H and O–H groups in total. The maximum Gasteiger partial charge on any atom is 1.00 e. The van der Waals surface area contributed by atoms with Gasteiger partial charge in [-0.1, -0.05) is 64.7 Å². The van der Waals surface area contributed by atoms with Crippen LogP contribution in [0.4, 0.5) is 0 Å². The van der Waals surface area contributed by atoms with Gasteiger partial charge in [-0.25, -0.2) is 4.57 Å². The molecule has 0 saturated heterocycles. The number of nitrogens with zero attached hydrogens (tertiary/aromatic N) is 1. The van der Waals surface area contributed by atoms with Crippen molar-refractivity contribution in [2.24, 2.45) is 0 Å². The standard InChI is InChI=1S/C13H30NO4P.Na.H/c1-3-4-5-6-7-8-9-10-11-12-13-14(2)18-19(15,16)17;;/h3-13H2,1-2H3,(H2,15,16,17);;/q;+1;-1. The van der Waals surface area contributed by atoms with Gasteiger partial charge in [-0.15, -0.1) is 0 Å². The number of hydroxylamine groups is 2. The van der Waals surface area contributed by atoms with Crippen LogP contribution in [0, 0.1) is 0 Å². The van der Waals surface area contributed by atoms with Crippen LogP contribution in [0.5, 0.6) is 0 Å². The van der Waals surface area contributed by atoms with Gasteiger partial charge in [0.05, 0.1) is 0 Å². The van der Waals surface area contributed by atoms with E-state index in [0.717, 1.165) is 12.8 Å². The van der Waals surface area contributed by atoms with Gasteiger partial charge in [0.2, 0.25) is 0 Å². The van der Waals surface area contributed by atoms with E-state index >= 15 is 0 Å². The van der Waals surface area contributed by atoms with Crippen molar-refractivity contribution in [1.82, 2.24) is 5.06 Å². The second-order valence-electron chi connectivity index (χ2n) is 5.11. The Kier molecular flexibility index (Phi) is 17.5. The van der Waals surface area contributed by atoms with Gasteiger partial charge >= 0.3 is 37.4 Å². The van der Waals surface area contributed by atoms with Crippen molar-refractivity contribution in [2.45, 2.75) is 71.1 Å². The zero-order chi connectivity index (χ0) is 14.6. The van der Waals surface area contributed by atoms with E-state index in [0.29, 0.717) is 6.54 Å². The molecule has 118 valence electrons. The SMILES string of the molecule is CCCCCCCCCCCCN(C)OP(=O)(O)O.[H-].[Na+]. The van der Waals surface area contributed by atoms with Crippen LogP contribution in [0.3, 0.4) is 0 Å². The number of hydrogen-bond donors (Lipinski definition) is 2. The Morgan fingerprint density at radius 1 is 0.950 bits per heavy atom. The normalized spacial score (nSPS) is 11.7. The summed E-state index contributed by atoms with van der Waals surface area (Å²) in [6.45, 7) is 2.79. The molecule has 0 bridgehead atoms. The van der Waals surface area contributed by atoms with Crippen molar-refractivity contribution in [2.75, 3.05) is 13.6 Å². The van der Waals surface area contributed by atoms with E-state index < -0.39 is 7.82 Å². The first-order valence-corrected chi connectivity index (χ1v) is 8.95. The number of hydrogen-bond acceptors (Lipinski definition) is 3. The third kappa shape index (κ3) is 19.1. The van der Waals surface area contributed by atoms with E-state index in [2.05, 4.69) is 11.5 Å². The molecular weight excluding hydrogens is 288 g/mol. The van der Waals surface area contributed by atoms with Gasteiger partial charge in [0, 0.05) is 13.6 Å². The molecule has 5 nitrogen and oxygen atoms in total. The first kappa shape index (κ1) is 23.3. The largest absolute Gasteiger partial charge is 1.00 e. The van der Waals surface area contributed by atoms with Gasteiger partial charge in [-0.3, -0.25) is 0 Å². The van der Waals surface area contributed by atoms with E-state index in [4.69, 9.17) is 9.79 Å². The molecule has 0 radical (unpaired) electrons. The molecule has 0 amide bonds. The topological polar surface area (TPSA) is 70.0 Å². The molecule has 7 heteroatoms. The fraction of sp³-hybridized carbons (Fsp3) is 1.00. The van der Waals surface area contributed by atoms with Crippen molar-refractivity contribution in [3.63, 3.8) is 0 Å². The van der Waals surface area contributed by atoms with Crippen LogP contribution < -0.4 is 29.6 Å². The second-order valence-corrected chi connectivity index (χ2v) is 6.25. The number of phosphoric acid groups is 1. The molecule has 0 unspecified atom stereocenters.